The second-order valence-corrected chi connectivity index (χ2v) is 6.73. The zero-order valence-electron chi connectivity index (χ0n) is 11.3. The lowest BCUT2D eigenvalue weighted by molar-refractivity contribution is 0.0965. The van der Waals surface area contributed by atoms with E-state index >= 15 is 0 Å². The molecule has 1 aromatic rings. The monoisotopic (exact) mass is 297 g/mol. The highest BCUT2D eigenvalue weighted by atomic mass is 35.5. The molecule has 2 nitrogen and oxygen atoms in total. The Morgan fingerprint density at radius 1 is 1.42 bits per heavy atom. The van der Waals surface area contributed by atoms with Gasteiger partial charge in [0.25, 0.3) is 0 Å². The van der Waals surface area contributed by atoms with Crippen molar-refractivity contribution in [2.75, 3.05) is 25.4 Å². The maximum atomic E-state index is 12.1. The lowest BCUT2D eigenvalue weighted by Crippen LogP contribution is -2.38. The second kappa shape index (κ2) is 7.32. The van der Waals surface area contributed by atoms with E-state index in [0.29, 0.717) is 11.4 Å². The van der Waals surface area contributed by atoms with Crippen LogP contribution in [0.25, 0.3) is 0 Å². The molecule has 104 valence electrons. The number of benzene rings is 1. The smallest absolute Gasteiger partial charge is 0.164 e. The van der Waals surface area contributed by atoms with Crippen molar-refractivity contribution in [1.82, 2.24) is 4.90 Å². The Morgan fingerprint density at radius 2 is 2.16 bits per heavy atom. The van der Waals surface area contributed by atoms with Gasteiger partial charge in [0, 0.05) is 47.6 Å². The van der Waals surface area contributed by atoms with Crippen molar-refractivity contribution in [3.63, 3.8) is 0 Å². The van der Waals surface area contributed by atoms with Gasteiger partial charge in [-0.05, 0) is 30.7 Å². The zero-order valence-corrected chi connectivity index (χ0v) is 12.8. The molecule has 0 radical (unpaired) electrons. The van der Waals surface area contributed by atoms with E-state index in [2.05, 4.69) is 23.6 Å². The minimum absolute atomic E-state index is 0.211. The summed E-state index contributed by atoms with van der Waals surface area (Å²) in [6.07, 6.45) is 1.81. The first kappa shape index (κ1) is 14.9. The molecular weight excluding hydrogens is 278 g/mol. The van der Waals surface area contributed by atoms with Crippen LogP contribution in [-0.2, 0) is 0 Å². The molecule has 0 amide bonds. The fourth-order valence-electron chi connectivity index (χ4n) is 2.27. The van der Waals surface area contributed by atoms with Gasteiger partial charge in [0.2, 0.25) is 0 Å². The maximum Gasteiger partial charge on any atom is 0.164 e. The summed E-state index contributed by atoms with van der Waals surface area (Å²) in [6, 6.07) is 7.18. The van der Waals surface area contributed by atoms with Crippen molar-refractivity contribution in [1.29, 1.82) is 0 Å². The Morgan fingerprint density at radius 3 is 2.84 bits per heavy atom. The van der Waals surface area contributed by atoms with E-state index in [1.54, 1.807) is 12.1 Å². The largest absolute Gasteiger partial charge is 0.301 e. The van der Waals surface area contributed by atoms with Crippen molar-refractivity contribution in [3.05, 3.63) is 34.9 Å². The minimum Gasteiger partial charge on any atom is -0.301 e. The Bertz CT molecular complexity index is 421. The fraction of sp³-hybridized carbons (Fsp3) is 0.533. The summed E-state index contributed by atoms with van der Waals surface area (Å²) < 4.78 is 0. The Balaban J connectivity index is 1.81. The van der Waals surface area contributed by atoms with Crippen LogP contribution in [0.4, 0.5) is 0 Å². The molecule has 0 spiro atoms. The first-order valence-electron chi connectivity index (χ1n) is 6.81. The highest BCUT2D eigenvalue weighted by Crippen LogP contribution is 2.21. The molecule has 1 aromatic carbocycles. The van der Waals surface area contributed by atoms with Crippen LogP contribution in [0.3, 0.4) is 0 Å². The van der Waals surface area contributed by atoms with Gasteiger partial charge >= 0.3 is 0 Å². The van der Waals surface area contributed by atoms with Crippen LogP contribution in [0, 0.1) is 0 Å². The van der Waals surface area contributed by atoms with E-state index in [4.69, 9.17) is 11.6 Å². The summed E-state index contributed by atoms with van der Waals surface area (Å²) in [6.45, 7) is 5.34. The van der Waals surface area contributed by atoms with Gasteiger partial charge in [0.15, 0.2) is 5.78 Å². The molecular formula is C15H20ClNOS. The number of nitrogens with zero attached hydrogens (tertiary/aromatic N) is 1. The lowest BCUT2D eigenvalue weighted by Gasteiger charge is -2.31. The summed E-state index contributed by atoms with van der Waals surface area (Å²) in [5.41, 5.74) is 0.767. The molecule has 0 saturated carbocycles. The molecule has 2 rings (SSSR count). The standard InChI is InChI=1S/C15H20ClNOS/c1-2-14-11-17(9-10-19-14)8-7-15(18)12-3-5-13(16)6-4-12/h3-6,14H,2,7-11H2,1H3. The quantitative estimate of drug-likeness (QED) is 0.772. The second-order valence-electron chi connectivity index (χ2n) is 4.88. The third-order valence-corrected chi connectivity index (χ3v) is 5.12. The van der Waals surface area contributed by atoms with Crippen molar-refractivity contribution < 1.29 is 4.79 Å². The molecule has 0 bridgehead atoms. The average molecular weight is 298 g/mol. The molecule has 1 aliphatic rings. The number of halogens is 1. The topological polar surface area (TPSA) is 20.3 Å². The summed E-state index contributed by atoms with van der Waals surface area (Å²) in [7, 11) is 0. The number of Topliss-reactive ketones (excluding diaryl/α,β-unsaturated/α-hetero) is 1. The predicted octanol–water partition coefficient (Wildman–Crippen LogP) is 3.74. The molecule has 4 heteroatoms. The summed E-state index contributed by atoms with van der Waals surface area (Å²) in [4.78, 5) is 14.5. The molecule has 1 heterocycles. The first-order valence-corrected chi connectivity index (χ1v) is 8.24. The molecule has 0 aliphatic carbocycles. The van der Waals surface area contributed by atoms with Gasteiger partial charge in [-0.15, -0.1) is 0 Å². The Kier molecular flexibility index (Phi) is 5.74. The first-order chi connectivity index (χ1) is 9.19. The number of thioether (sulfide) groups is 1. The minimum atomic E-state index is 0.211. The van der Waals surface area contributed by atoms with Gasteiger partial charge in [-0.1, -0.05) is 18.5 Å². The lowest BCUT2D eigenvalue weighted by atomic mass is 10.1. The number of hydrogen-bond acceptors (Lipinski definition) is 3. The number of carbonyl (C=O) groups is 1. The fourth-order valence-corrected chi connectivity index (χ4v) is 3.65. The van der Waals surface area contributed by atoms with E-state index < -0.39 is 0 Å². The predicted molar refractivity (Wildman–Crippen MR) is 83.4 cm³/mol. The molecule has 1 unspecified atom stereocenters. The van der Waals surface area contributed by atoms with Gasteiger partial charge in [0.05, 0.1) is 0 Å². The number of rotatable bonds is 5. The summed E-state index contributed by atoms with van der Waals surface area (Å²) >= 11 is 7.88. The molecule has 1 aliphatic heterocycles. The number of hydrogen-bond donors (Lipinski definition) is 0. The van der Waals surface area contributed by atoms with Gasteiger partial charge in [-0.25, -0.2) is 0 Å². The average Bonchev–Trinajstić information content (AvgIpc) is 2.46. The molecule has 0 aromatic heterocycles. The van der Waals surface area contributed by atoms with Gasteiger partial charge in [-0.2, -0.15) is 11.8 Å². The summed E-state index contributed by atoms with van der Waals surface area (Å²) in [5.74, 6) is 1.40. The SMILES string of the molecule is CCC1CN(CCC(=O)c2ccc(Cl)cc2)CCS1. The molecule has 1 saturated heterocycles. The Labute approximate surface area is 124 Å². The third-order valence-electron chi connectivity index (χ3n) is 3.50. The third kappa shape index (κ3) is 4.51. The van der Waals surface area contributed by atoms with Crippen molar-refractivity contribution >= 4 is 29.1 Å². The van der Waals surface area contributed by atoms with E-state index in [1.807, 2.05) is 12.1 Å². The highest BCUT2D eigenvalue weighted by molar-refractivity contribution is 8.00. The van der Waals surface area contributed by atoms with Crippen LogP contribution in [0.1, 0.15) is 30.1 Å². The van der Waals surface area contributed by atoms with Crippen LogP contribution in [0.15, 0.2) is 24.3 Å². The van der Waals surface area contributed by atoms with E-state index in [9.17, 15) is 4.79 Å². The Hall–Kier alpha value is -0.510. The zero-order chi connectivity index (χ0) is 13.7. The van der Waals surface area contributed by atoms with E-state index in [0.717, 1.165) is 30.4 Å². The number of ketones is 1. The van der Waals surface area contributed by atoms with Crippen LogP contribution in [0.5, 0.6) is 0 Å². The van der Waals surface area contributed by atoms with Crippen molar-refractivity contribution in [2.45, 2.75) is 25.0 Å². The highest BCUT2D eigenvalue weighted by Gasteiger charge is 2.19. The van der Waals surface area contributed by atoms with Gasteiger partial charge in [0.1, 0.15) is 0 Å². The number of carbonyl (C=O) groups excluding carboxylic acids is 1. The van der Waals surface area contributed by atoms with Crippen molar-refractivity contribution in [2.24, 2.45) is 0 Å². The molecule has 1 fully saturated rings. The normalized spacial score (nSPS) is 20.4. The van der Waals surface area contributed by atoms with Crippen LogP contribution in [-0.4, -0.2) is 41.3 Å². The van der Waals surface area contributed by atoms with Crippen LogP contribution < -0.4 is 0 Å². The van der Waals surface area contributed by atoms with Crippen LogP contribution >= 0.6 is 23.4 Å². The summed E-state index contributed by atoms with van der Waals surface area (Å²) in [5, 5.41) is 1.41. The molecule has 0 N–H and O–H groups in total. The van der Waals surface area contributed by atoms with E-state index in [-0.39, 0.29) is 5.78 Å². The van der Waals surface area contributed by atoms with Crippen LogP contribution in [0.2, 0.25) is 5.02 Å². The van der Waals surface area contributed by atoms with E-state index in [1.165, 1.54) is 12.2 Å². The van der Waals surface area contributed by atoms with Gasteiger partial charge in [-0.3, -0.25) is 4.79 Å². The molecule has 1 atom stereocenters. The molecule has 19 heavy (non-hydrogen) atoms. The van der Waals surface area contributed by atoms with Crippen molar-refractivity contribution in [3.8, 4) is 0 Å². The maximum absolute atomic E-state index is 12.1. The van der Waals surface area contributed by atoms with Gasteiger partial charge < -0.3 is 4.90 Å².